The van der Waals surface area contributed by atoms with Gasteiger partial charge < -0.3 is 9.88 Å². The van der Waals surface area contributed by atoms with Crippen LogP contribution < -0.4 is 10.9 Å². The molecule has 4 rings (SSSR count). The van der Waals surface area contributed by atoms with E-state index < -0.39 is 0 Å². The monoisotopic (exact) mass is 447 g/mol. The number of aryl methyl sites for hydroxylation is 3. The summed E-state index contributed by atoms with van der Waals surface area (Å²) >= 11 is 0. The van der Waals surface area contributed by atoms with Crippen molar-refractivity contribution in [2.24, 2.45) is 7.05 Å². The van der Waals surface area contributed by atoms with Crippen LogP contribution in [-0.4, -0.2) is 10.5 Å². The Bertz CT molecular complexity index is 1530. The highest BCUT2D eigenvalue weighted by Gasteiger charge is 2.16. The normalized spacial score (nSPS) is 10.6. The van der Waals surface area contributed by atoms with Crippen molar-refractivity contribution < 1.29 is 4.79 Å². The summed E-state index contributed by atoms with van der Waals surface area (Å²) in [5.74, 6) is -0.294. The minimum Gasteiger partial charge on any atom is -0.323 e. The van der Waals surface area contributed by atoms with Gasteiger partial charge in [-0.1, -0.05) is 36.9 Å². The van der Waals surface area contributed by atoms with E-state index in [1.165, 1.54) is 27.3 Å². The number of aromatic nitrogens is 1. The third kappa shape index (κ3) is 4.26. The van der Waals surface area contributed by atoms with Crippen LogP contribution in [0.2, 0.25) is 0 Å². The van der Waals surface area contributed by atoms with Crippen LogP contribution in [-0.2, 0) is 18.3 Å². The van der Waals surface area contributed by atoms with Crippen LogP contribution in [0, 0.1) is 25.2 Å². The molecule has 0 aliphatic carbocycles. The minimum atomic E-state index is -0.294. The zero-order chi connectivity index (χ0) is 24.4. The molecule has 1 heterocycles. The number of nitrogens with zero attached hydrogens (tertiary/aromatic N) is 2. The first-order valence-electron chi connectivity index (χ1n) is 11.0. The maximum atomic E-state index is 12.9. The third-order valence-corrected chi connectivity index (χ3v) is 6.18. The van der Waals surface area contributed by atoms with Gasteiger partial charge in [-0.25, -0.2) is 0 Å². The molecule has 0 saturated heterocycles. The van der Waals surface area contributed by atoms with Crippen LogP contribution in [0.15, 0.2) is 78.2 Å². The number of carbonyl (C=O) groups is 1. The van der Waals surface area contributed by atoms with E-state index in [-0.39, 0.29) is 11.5 Å². The van der Waals surface area contributed by atoms with Gasteiger partial charge in [0.1, 0.15) is 0 Å². The lowest BCUT2D eigenvalue weighted by Gasteiger charge is -2.17. The fourth-order valence-corrected chi connectivity index (χ4v) is 4.32. The number of rotatable bonds is 5. The number of benzene rings is 3. The lowest BCUT2D eigenvalue weighted by atomic mass is 9.89. The Labute approximate surface area is 198 Å². The van der Waals surface area contributed by atoms with E-state index in [1.54, 1.807) is 19.2 Å². The van der Waals surface area contributed by atoms with Crippen molar-refractivity contribution in [3.8, 4) is 17.2 Å². The van der Waals surface area contributed by atoms with E-state index in [2.05, 4.69) is 50.0 Å². The summed E-state index contributed by atoms with van der Waals surface area (Å²) in [6.45, 7) is 7.74. The number of pyridine rings is 1. The minimum absolute atomic E-state index is 0.164. The Morgan fingerprint density at radius 2 is 1.79 bits per heavy atom. The molecule has 1 aromatic heterocycles. The van der Waals surface area contributed by atoms with E-state index in [0.717, 1.165) is 22.1 Å². The molecule has 0 fully saturated rings. The first-order valence-corrected chi connectivity index (χ1v) is 11.0. The molecule has 0 atom stereocenters. The first kappa shape index (κ1) is 22.8. The summed E-state index contributed by atoms with van der Waals surface area (Å²) in [7, 11) is 1.71. The van der Waals surface area contributed by atoms with Crippen molar-refractivity contribution in [2.45, 2.75) is 20.3 Å². The van der Waals surface area contributed by atoms with Gasteiger partial charge >= 0.3 is 0 Å². The second kappa shape index (κ2) is 9.21. The van der Waals surface area contributed by atoms with Gasteiger partial charge in [0.25, 0.3) is 5.56 Å². The number of hydrogen-bond donors (Lipinski definition) is 1. The predicted molar refractivity (Wildman–Crippen MR) is 137 cm³/mol. The number of nitriles is 1. The SMILES string of the molecule is C=CC(=O)Nc1ccc(Cc2c(C)cccc2C)c(-c2cn(C)c(=O)c3cc(C#N)ccc23)c1. The molecule has 0 saturated carbocycles. The molecule has 3 aromatic carbocycles. The summed E-state index contributed by atoms with van der Waals surface area (Å²) in [4.78, 5) is 24.9. The largest absolute Gasteiger partial charge is 0.323 e. The van der Waals surface area contributed by atoms with Crippen molar-refractivity contribution in [1.82, 2.24) is 4.57 Å². The topological polar surface area (TPSA) is 74.9 Å². The molecule has 34 heavy (non-hydrogen) atoms. The molecule has 5 heteroatoms. The first-order chi connectivity index (χ1) is 16.3. The average molecular weight is 448 g/mol. The molecule has 0 radical (unpaired) electrons. The van der Waals surface area contributed by atoms with Gasteiger partial charge in [0.15, 0.2) is 0 Å². The fraction of sp³-hybridized carbons (Fsp3) is 0.138. The second-order valence-electron chi connectivity index (χ2n) is 8.44. The van der Waals surface area contributed by atoms with Gasteiger partial charge in [0.05, 0.1) is 11.6 Å². The van der Waals surface area contributed by atoms with Gasteiger partial charge in [0, 0.05) is 29.9 Å². The molecular formula is C29H25N3O2. The molecule has 0 aliphatic heterocycles. The Kier molecular flexibility index (Phi) is 6.16. The molecule has 0 aliphatic rings. The Morgan fingerprint density at radius 3 is 2.47 bits per heavy atom. The molecule has 0 unspecified atom stereocenters. The van der Waals surface area contributed by atoms with Crippen LogP contribution in [0.5, 0.6) is 0 Å². The van der Waals surface area contributed by atoms with Crippen LogP contribution in [0.25, 0.3) is 21.9 Å². The number of fused-ring (bicyclic) bond motifs is 1. The van der Waals surface area contributed by atoms with E-state index in [4.69, 9.17) is 0 Å². The molecule has 0 spiro atoms. The molecular weight excluding hydrogens is 422 g/mol. The number of amides is 1. The highest BCUT2D eigenvalue weighted by atomic mass is 16.1. The number of hydrogen-bond acceptors (Lipinski definition) is 3. The van der Waals surface area contributed by atoms with Crippen LogP contribution in [0.3, 0.4) is 0 Å². The summed E-state index contributed by atoms with van der Waals surface area (Å²) in [5.41, 5.74) is 7.41. The van der Waals surface area contributed by atoms with E-state index in [0.29, 0.717) is 23.1 Å². The van der Waals surface area contributed by atoms with Crippen molar-refractivity contribution >= 4 is 22.4 Å². The standard InChI is InChI=1S/C29H25N3O2/c1-5-28(33)31-22-11-10-21(14-24-18(2)7-6-8-19(24)3)25(15-22)27-17-32(4)29(34)26-13-20(16-30)9-12-23(26)27/h5-13,15,17H,1,14H2,2-4H3,(H,31,33). The lowest BCUT2D eigenvalue weighted by molar-refractivity contribution is -0.111. The molecule has 5 nitrogen and oxygen atoms in total. The fourth-order valence-electron chi connectivity index (χ4n) is 4.32. The molecule has 1 N–H and O–H groups in total. The quantitative estimate of drug-likeness (QED) is 0.416. The van der Waals surface area contributed by atoms with Gasteiger partial charge in [-0.2, -0.15) is 5.26 Å². The summed E-state index contributed by atoms with van der Waals surface area (Å²) in [5, 5.41) is 13.4. The maximum Gasteiger partial charge on any atom is 0.258 e. The van der Waals surface area contributed by atoms with Gasteiger partial charge in [-0.05, 0) is 83.8 Å². The van der Waals surface area contributed by atoms with Crippen molar-refractivity contribution in [1.29, 1.82) is 5.26 Å². The molecule has 4 aromatic rings. The summed E-state index contributed by atoms with van der Waals surface area (Å²) in [6, 6.07) is 19.4. The van der Waals surface area contributed by atoms with Crippen molar-refractivity contribution in [3.63, 3.8) is 0 Å². The third-order valence-electron chi connectivity index (χ3n) is 6.18. The second-order valence-corrected chi connectivity index (χ2v) is 8.44. The predicted octanol–water partition coefficient (Wildman–Crippen LogP) is 5.41. The number of nitrogens with one attached hydrogen (secondary N) is 1. The van der Waals surface area contributed by atoms with Crippen molar-refractivity contribution in [3.05, 3.63) is 112 Å². The number of anilines is 1. The smallest absolute Gasteiger partial charge is 0.258 e. The average Bonchev–Trinajstić information content (AvgIpc) is 2.84. The Hall–Kier alpha value is -4.43. The summed E-state index contributed by atoms with van der Waals surface area (Å²) < 4.78 is 1.54. The van der Waals surface area contributed by atoms with E-state index >= 15 is 0 Å². The molecule has 168 valence electrons. The zero-order valence-electron chi connectivity index (χ0n) is 19.5. The van der Waals surface area contributed by atoms with Gasteiger partial charge in [-0.15, -0.1) is 0 Å². The van der Waals surface area contributed by atoms with Crippen LogP contribution in [0.4, 0.5) is 5.69 Å². The Balaban J connectivity index is 1.99. The number of carbonyl (C=O) groups excluding carboxylic acids is 1. The van der Waals surface area contributed by atoms with E-state index in [9.17, 15) is 14.9 Å². The highest BCUT2D eigenvalue weighted by molar-refractivity contribution is 6.01. The molecule has 1 amide bonds. The van der Waals surface area contributed by atoms with Gasteiger partial charge in [0.2, 0.25) is 5.91 Å². The molecule has 0 bridgehead atoms. The van der Waals surface area contributed by atoms with Crippen LogP contribution >= 0.6 is 0 Å². The lowest BCUT2D eigenvalue weighted by Crippen LogP contribution is -2.17. The maximum absolute atomic E-state index is 12.9. The van der Waals surface area contributed by atoms with Crippen molar-refractivity contribution in [2.75, 3.05) is 5.32 Å². The van der Waals surface area contributed by atoms with Gasteiger partial charge in [-0.3, -0.25) is 9.59 Å². The Morgan fingerprint density at radius 1 is 1.06 bits per heavy atom. The zero-order valence-corrected chi connectivity index (χ0v) is 19.5. The van der Waals surface area contributed by atoms with E-state index in [1.807, 2.05) is 30.5 Å². The highest BCUT2D eigenvalue weighted by Crippen LogP contribution is 2.34. The van der Waals surface area contributed by atoms with Crippen LogP contribution in [0.1, 0.15) is 27.8 Å². The summed E-state index contributed by atoms with van der Waals surface area (Å²) in [6.07, 6.45) is 3.75.